The molecule has 0 aromatic carbocycles. The normalized spacial score (nSPS) is 32.6. The van der Waals surface area contributed by atoms with Gasteiger partial charge in [-0.25, -0.2) is 4.98 Å². The van der Waals surface area contributed by atoms with E-state index in [4.69, 9.17) is 5.26 Å². The molecular weight excluding hydrogens is 214 g/mol. The number of piperidine rings is 1. The van der Waals surface area contributed by atoms with E-state index in [1.165, 1.54) is 12.8 Å². The highest BCUT2D eigenvalue weighted by Gasteiger charge is 2.40. The van der Waals surface area contributed by atoms with E-state index in [1.807, 2.05) is 0 Å². The Morgan fingerprint density at radius 1 is 1.41 bits per heavy atom. The molecule has 2 aliphatic heterocycles. The third kappa shape index (κ3) is 1.83. The molecule has 0 amide bonds. The smallest absolute Gasteiger partial charge is 0.153 e. The molecule has 5 heteroatoms. The monoisotopic (exact) mass is 231 g/mol. The van der Waals surface area contributed by atoms with Gasteiger partial charge in [0.15, 0.2) is 5.82 Å². The van der Waals surface area contributed by atoms with Gasteiger partial charge >= 0.3 is 0 Å². The Kier molecular flexibility index (Phi) is 2.60. The summed E-state index contributed by atoms with van der Waals surface area (Å²) in [6.45, 7) is 0. The number of aromatic amines is 1. The highest BCUT2D eigenvalue weighted by Crippen LogP contribution is 2.40. The third-order valence-corrected chi connectivity index (χ3v) is 4.26. The Balaban J connectivity index is 1.75. The van der Waals surface area contributed by atoms with Gasteiger partial charge in [-0.05, 0) is 32.7 Å². The Labute approximate surface area is 101 Å². The first-order valence-electron chi connectivity index (χ1n) is 6.28. The van der Waals surface area contributed by atoms with Gasteiger partial charge in [0.2, 0.25) is 0 Å². The summed E-state index contributed by atoms with van der Waals surface area (Å²) in [6.07, 6.45) is 5.28. The van der Waals surface area contributed by atoms with Gasteiger partial charge in [0.25, 0.3) is 0 Å². The zero-order chi connectivity index (χ0) is 11.8. The van der Waals surface area contributed by atoms with Crippen LogP contribution in [0.25, 0.3) is 0 Å². The molecule has 3 rings (SSSR count). The minimum atomic E-state index is 0.326. The lowest BCUT2D eigenvalue weighted by Gasteiger charge is -2.35. The second-order valence-corrected chi connectivity index (χ2v) is 5.19. The first kappa shape index (κ1) is 10.7. The molecule has 0 spiro atoms. The fourth-order valence-corrected chi connectivity index (χ4v) is 3.27. The zero-order valence-electron chi connectivity index (χ0n) is 10.1. The molecule has 2 aliphatic rings. The number of nitrogens with one attached hydrogen (secondary N) is 1. The SMILES string of the molecule is CN1C2CCC1CC(c1n[nH]c(CC#N)n1)C2. The maximum atomic E-state index is 8.62. The Morgan fingerprint density at radius 2 is 2.12 bits per heavy atom. The number of hydrogen-bond acceptors (Lipinski definition) is 4. The summed E-state index contributed by atoms with van der Waals surface area (Å²) < 4.78 is 0. The van der Waals surface area contributed by atoms with E-state index < -0.39 is 0 Å². The van der Waals surface area contributed by atoms with Crippen molar-refractivity contribution in [2.75, 3.05) is 7.05 Å². The lowest BCUT2D eigenvalue weighted by molar-refractivity contribution is 0.159. The molecule has 2 bridgehead atoms. The van der Waals surface area contributed by atoms with E-state index in [0.717, 1.165) is 18.7 Å². The van der Waals surface area contributed by atoms with Gasteiger partial charge in [-0.15, -0.1) is 0 Å². The molecule has 0 saturated carbocycles. The number of aromatic nitrogens is 3. The van der Waals surface area contributed by atoms with Gasteiger partial charge in [0, 0.05) is 18.0 Å². The van der Waals surface area contributed by atoms with Crippen LogP contribution in [0.2, 0.25) is 0 Å². The summed E-state index contributed by atoms with van der Waals surface area (Å²) in [5.74, 6) is 2.10. The Morgan fingerprint density at radius 3 is 2.76 bits per heavy atom. The minimum Gasteiger partial charge on any atom is -0.300 e. The second kappa shape index (κ2) is 4.11. The topological polar surface area (TPSA) is 68.6 Å². The van der Waals surface area contributed by atoms with Crippen LogP contribution in [0.1, 0.15) is 43.3 Å². The van der Waals surface area contributed by atoms with Crippen molar-refractivity contribution >= 4 is 0 Å². The van der Waals surface area contributed by atoms with Crippen LogP contribution < -0.4 is 0 Å². The molecule has 3 heterocycles. The summed E-state index contributed by atoms with van der Waals surface area (Å²) in [7, 11) is 2.23. The average Bonchev–Trinajstić information content (AvgIpc) is 2.83. The lowest BCUT2D eigenvalue weighted by Crippen LogP contribution is -2.39. The molecule has 1 N–H and O–H groups in total. The van der Waals surface area contributed by atoms with Crippen LogP contribution in [0.15, 0.2) is 0 Å². The van der Waals surface area contributed by atoms with E-state index in [-0.39, 0.29) is 0 Å². The largest absolute Gasteiger partial charge is 0.300 e. The molecule has 2 atom stereocenters. The summed E-state index contributed by atoms with van der Waals surface area (Å²) in [5.41, 5.74) is 0. The van der Waals surface area contributed by atoms with Gasteiger partial charge in [-0.2, -0.15) is 10.4 Å². The fourth-order valence-electron chi connectivity index (χ4n) is 3.27. The summed E-state index contributed by atoms with van der Waals surface area (Å²) >= 11 is 0. The zero-order valence-corrected chi connectivity index (χ0v) is 10.1. The predicted octanol–water partition coefficient (Wildman–Crippen LogP) is 1.21. The predicted molar refractivity (Wildman–Crippen MR) is 62.2 cm³/mol. The number of nitrogens with zero attached hydrogens (tertiary/aromatic N) is 4. The van der Waals surface area contributed by atoms with E-state index in [1.54, 1.807) is 0 Å². The number of hydrogen-bond donors (Lipinski definition) is 1. The maximum absolute atomic E-state index is 8.62. The second-order valence-electron chi connectivity index (χ2n) is 5.19. The molecule has 5 nitrogen and oxygen atoms in total. The van der Waals surface area contributed by atoms with Crippen LogP contribution in [0.5, 0.6) is 0 Å². The molecule has 2 fully saturated rings. The van der Waals surface area contributed by atoms with E-state index in [0.29, 0.717) is 30.2 Å². The van der Waals surface area contributed by atoms with Gasteiger partial charge in [-0.1, -0.05) is 0 Å². The Hall–Kier alpha value is -1.41. The molecule has 90 valence electrons. The molecule has 2 unspecified atom stereocenters. The third-order valence-electron chi connectivity index (χ3n) is 4.26. The van der Waals surface area contributed by atoms with Gasteiger partial charge in [0.05, 0.1) is 12.5 Å². The van der Waals surface area contributed by atoms with E-state index in [2.05, 4.69) is 33.2 Å². The van der Waals surface area contributed by atoms with E-state index in [9.17, 15) is 0 Å². The number of nitriles is 1. The molecule has 0 radical (unpaired) electrons. The van der Waals surface area contributed by atoms with Crippen molar-refractivity contribution in [1.82, 2.24) is 20.1 Å². The van der Waals surface area contributed by atoms with Crippen molar-refractivity contribution < 1.29 is 0 Å². The van der Waals surface area contributed by atoms with Crippen LogP contribution in [0, 0.1) is 11.3 Å². The molecule has 2 saturated heterocycles. The first-order valence-corrected chi connectivity index (χ1v) is 6.28. The first-order chi connectivity index (χ1) is 8.28. The van der Waals surface area contributed by atoms with E-state index >= 15 is 0 Å². The fraction of sp³-hybridized carbons (Fsp3) is 0.750. The molecule has 1 aromatic rings. The van der Waals surface area contributed by atoms with Crippen molar-refractivity contribution in [2.24, 2.45) is 0 Å². The van der Waals surface area contributed by atoms with Gasteiger partial charge in [0.1, 0.15) is 5.82 Å². The molecule has 0 aliphatic carbocycles. The van der Waals surface area contributed by atoms with Crippen molar-refractivity contribution in [3.8, 4) is 6.07 Å². The summed E-state index contributed by atoms with van der Waals surface area (Å²) in [4.78, 5) is 6.95. The number of rotatable bonds is 2. The van der Waals surface area contributed by atoms with Crippen molar-refractivity contribution in [1.29, 1.82) is 5.26 Å². The molecular formula is C12H17N5. The van der Waals surface area contributed by atoms with Crippen LogP contribution in [-0.4, -0.2) is 39.2 Å². The lowest BCUT2D eigenvalue weighted by atomic mass is 9.90. The van der Waals surface area contributed by atoms with Gasteiger partial charge in [-0.3, -0.25) is 5.10 Å². The van der Waals surface area contributed by atoms with Crippen LogP contribution in [-0.2, 0) is 6.42 Å². The van der Waals surface area contributed by atoms with Gasteiger partial charge < -0.3 is 4.90 Å². The van der Waals surface area contributed by atoms with Crippen molar-refractivity contribution in [3.63, 3.8) is 0 Å². The van der Waals surface area contributed by atoms with Crippen molar-refractivity contribution in [2.45, 2.75) is 50.1 Å². The number of fused-ring (bicyclic) bond motifs is 2. The molecule has 17 heavy (non-hydrogen) atoms. The van der Waals surface area contributed by atoms with Crippen LogP contribution in [0.3, 0.4) is 0 Å². The maximum Gasteiger partial charge on any atom is 0.153 e. The number of H-pyrrole nitrogens is 1. The van der Waals surface area contributed by atoms with Crippen LogP contribution >= 0.6 is 0 Å². The molecule has 1 aromatic heterocycles. The van der Waals surface area contributed by atoms with Crippen LogP contribution in [0.4, 0.5) is 0 Å². The standard InChI is InChI=1S/C12H17N5/c1-17-9-2-3-10(17)7-8(6-9)12-14-11(4-5-13)15-16-12/h8-10H,2-4,6-7H2,1H3,(H,14,15,16). The summed E-state index contributed by atoms with van der Waals surface area (Å²) in [6, 6.07) is 3.51. The Bertz CT molecular complexity index is 432. The quantitative estimate of drug-likeness (QED) is 0.830. The minimum absolute atomic E-state index is 0.326. The highest BCUT2D eigenvalue weighted by atomic mass is 15.2. The van der Waals surface area contributed by atoms with Crippen molar-refractivity contribution in [3.05, 3.63) is 11.6 Å². The highest BCUT2D eigenvalue weighted by molar-refractivity contribution is 5.07. The average molecular weight is 231 g/mol. The summed E-state index contributed by atoms with van der Waals surface area (Å²) in [5, 5.41) is 15.8.